The normalized spacial score (nSPS) is 14.7. The maximum Gasteiger partial charge on any atom is 0.236 e. The molecule has 1 aromatic carbocycles. The molecule has 0 heterocycles. The molecule has 1 amide bonds. The van der Waals surface area contributed by atoms with Crippen LogP contribution in [-0.4, -0.2) is 29.6 Å². The number of amides is 1. The molecule has 2 N–H and O–H groups in total. The van der Waals surface area contributed by atoms with E-state index in [1.54, 1.807) is 11.8 Å². The number of rotatable bonds is 5. The third kappa shape index (κ3) is 3.23. The number of carbonyl (C=O) groups is 1. The Balaban J connectivity index is 2.03. The Morgan fingerprint density at radius 3 is 2.53 bits per heavy atom. The Bertz CT molecular complexity index is 387. The fraction of sp³-hybridized carbons (Fsp3) is 0.462. The summed E-state index contributed by atoms with van der Waals surface area (Å²) < 4.78 is 0. The molecule has 0 saturated heterocycles. The standard InChI is InChI=1S/C13H18N2OS/c1-17-12-6-2-10(3-7-12)9-15(11-4-5-11)13(16)8-14/h2-3,6-7,11H,4-5,8-9,14H2,1H3. The molecule has 0 aromatic heterocycles. The van der Waals surface area contributed by atoms with Gasteiger partial charge in [0.1, 0.15) is 0 Å². The lowest BCUT2D eigenvalue weighted by Crippen LogP contribution is -2.37. The van der Waals surface area contributed by atoms with E-state index in [-0.39, 0.29) is 12.5 Å². The van der Waals surface area contributed by atoms with Gasteiger partial charge in [-0.25, -0.2) is 0 Å². The van der Waals surface area contributed by atoms with E-state index in [1.807, 2.05) is 4.90 Å². The summed E-state index contributed by atoms with van der Waals surface area (Å²) in [7, 11) is 0. The molecule has 0 atom stereocenters. The van der Waals surface area contributed by atoms with E-state index in [2.05, 4.69) is 30.5 Å². The molecule has 0 unspecified atom stereocenters. The molecular formula is C13H18N2OS. The van der Waals surface area contributed by atoms with E-state index in [4.69, 9.17) is 5.73 Å². The van der Waals surface area contributed by atoms with Crippen molar-refractivity contribution in [1.29, 1.82) is 0 Å². The van der Waals surface area contributed by atoms with Gasteiger partial charge in [0.25, 0.3) is 0 Å². The van der Waals surface area contributed by atoms with Gasteiger partial charge in [-0.3, -0.25) is 4.79 Å². The van der Waals surface area contributed by atoms with Crippen molar-refractivity contribution in [3.05, 3.63) is 29.8 Å². The molecule has 0 aliphatic heterocycles. The minimum atomic E-state index is 0.0569. The van der Waals surface area contributed by atoms with Gasteiger partial charge in [-0.15, -0.1) is 11.8 Å². The zero-order chi connectivity index (χ0) is 12.3. The molecule has 1 aliphatic rings. The summed E-state index contributed by atoms with van der Waals surface area (Å²) in [6.07, 6.45) is 4.30. The van der Waals surface area contributed by atoms with Crippen LogP contribution in [0.1, 0.15) is 18.4 Å². The number of thioether (sulfide) groups is 1. The second kappa shape index (κ2) is 5.56. The molecule has 1 aliphatic carbocycles. The van der Waals surface area contributed by atoms with Gasteiger partial charge in [0.2, 0.25) is 5.91 Å². The lowest BCUT2D eigenvalue weighted by atomic mass is 10.2. The average molecular weight is 250 g/mol. The van der Waals surface area contributed by atoms with Crippen molar-refractivity contribution in [3.8, 4) is 0 Å². The van der Waals surface area contributed by atoms with Crippen LogP contribution < -0.4 is 5.73 Å². The number of carbonyl (C=O) groups excluding carboxylic acids is 1. The van der Waals surface area contributed by atoms with E-state index < -0.39 is 0 Å². The largest absolute Gasteiger partial charge is 0.334 e. The molecular weight excluding hydrogens is 232 g/mol. The third-order valence-electron chi connectivity index (χ3n) is 2.99. The molecule has 2 rings (SSSR count). The first kappa shape index (κ1) is 12.5. The number of nitrogens with zero attached hydrogens (tertiary/aromatic N) is 1. The number of hydrogen-bond acceptors (Lipinski definition) is 3. The fourth-order valence-corrected chi connectivity index (χ4v) is 2.26. The number of nitrogens with two attached hydrogens (primary N) is 1. The topological polar surface area (TPSA) is 46.3 Å². The zero-order valence-electron chi connectivity index (χ0n) is 10.1. The Hall–Kier alpha value is -1.00. The molecule has 1 saturated carbocycles. The molecule has 0 radical (unpaired) electrons. The maximum absolute atomic E-state index is 11.7. The van der Waals surface area contributed by atoms with Crippen LogP contribution in [0.5, 0.6) is 0 Å². The van der Waals surface area contributed by atoms with Crippen molar-refractivity contribution >= 4 is 17.7 Å². The van der Waals surface area contributed by atoms with Gasteiger partial charge >= 0.3 is 0 Å². The third-order valence-corrected chi connectivity index (χ3v) is 3.74. The summed E-state index contributed by atoms with van der Waals surface area (Å²) >= 11 is 1.73. The first-order valence-electron chi connectivity index (χ1n) is 5.87. The second-order valence-electron chi connectivity index (χ2n) is 4.31. The van der Waals surface area contributed by atoms with Gasteiger partial charge in [-0.2, -0.15) is 0 Å². The molecule has 1 fully saturated rings. The Kier molecular flexibility index (Phi) is 4.07. The van der Waals surface area contributed by atoms with Crippen LogP contribution >= 0.6 is 11.8 Å². The van der Waals surface area contributed by atoms with E-state index in [0.717, 1.165) is 12.8 Å². The average Bonchev–Trinajstić information content (AvgIpc) is 3.20. The zero-order valence-corrected chi connectivity index (χ0v) is 10.9. The van der Waals surface area contributed by atoms with Crippen LogP contribution in [0.3, 0.4) is 0 Å². The lowest BCUT2D eigenvalue weighted by Gasteiger charge is -2.21. The first-order valence-corrected chi connectivity index (χ1v) is 7.09. The molecule has 0 bridgehead atoms. The highest BCUT2D eigenvalue weighted by molar-refractivity contribution is 7.98. The Labute approximate surface area is 106 Å². The van der Waals surface area contributed by atoms with Crippen molar-refractivity contribution < 1.29 is 4.79 Å². The minimum absolute atomic E-state index is 0.0569. The summed E-state index contributed by atoms with van der Waals surface area (Å²) in [5, 5.41) is 0. The highest BCUT2D eigenvalue weighted by Gasteiger charge is 2.31. The summed E-state index contributed by atoms with van der Waals surface area (Å²) in [5.74, 6) is 0.0569. The van der Waals surface area contributed by atoms with Crippen LogP contribution in [0.4, 0.5) is 0 Å². The predicted octanol–water partition coefficient (Wildman–Crippen LogP) is 1.86. The summed E-state index contributed by atoms with van der Waals surface area (Å²) in [5.41, 5.74) is 6.62. The molecule has 3 nitrogen and oxygen atoms in total. The highest BCUT2D eigenvalue weighted by Crippen LogP contribution is 2.28. The SMILES string of the molecule is CSc1ccc(CN(C(=O)CN)C2CC2)cc1. The summed E-state index contributed by atoms with van der Waals surface area (Å²) in [6, 6.07) is 8.79. The van der Waals surface area contributed by atoms with Crippen LogP contribution in [0.2, 0.25) is 0 Å². The molecule has 0 spiro atoms. The van der Waals surface area contributed by atoms with Crippen LogP contribution in [0.25, 0.3) is 0 Å². The van der Waals surface area contributed by atoms with E-state index in [9.17, 15) is 4.79 Å². The van der Waals surface area contributed by atoms with Gasteiger partial charge in [-0.05, 0) is 36.8 Å². The van der Waals surface area contributed by atoms with Gasteiger partial charge in [-0.1, -0.05) is 12.1 Å². The van der Waals surface area contributed by atoms with E-state index >= 15 is 0 Å². The number of benzene rings is 1. The maximum atomic E-state index is 11.7. The van der Waals surface area contributed by atoms with Crippen LogP contribution in [-0.2, 0) is 11.3 Å². The fourth-order valence-electron chi connectivity index (χ4n) is 1.85. The number of hydrogen-bond donors (Lipinski definition) is 1. The highest BCUT2D eigenvalue weighted by atomic mass is 32.2. The first-order chi connectivity index (χ1) is 8.24. The van der Waals surface area contributed by atoms with Crippen LogP contribution in [0.15, 0.2) is 29.2 Å². The van der Waals surface area contributed by atoms with E-state index in [0.29, 0.717) is 12.6 Å². The molecule has 4 heteroatoms. The second-order valence-corrected chi connectivity index (χ2v) is 5.18. The van der Waals surface area contributed by atoms with Crippen LogP contribution in [0, 0.1) is 0 Å². The smallest absolute Gasteiger partial charge is 0.236 e. The summed E-state index contributed by atoms with van der Waals surface area (Å²) in [6.45, 7) is 0.800. The molecule has 92 valence electrons. The van der Waals surface area contributed by atoms with Crippen molar-refractivity contribution in [2.24, 2.45) is 5.73 Å². The van der Waals surface area contributed by atoms with Crippen molar-refractivity contribution in [2.75, 3.05) is 12.8 Å². The Morgan fingerprint density at radius 1 is 1.41 bits per heavy atom. The minimum Gasteiger partial charge on any atom is -0.334 e. The molecule has 17 heavy (non-hydrogen) atoms. The quantitative estimate of drug-likeness (QED) is 0.811. The van der Waals surface area contributed by atoms with Crippen molar-refractivity contribution in [3.63, 3.8) is 0 Å². The summed E-state index contributed by atoms with van der Waals surface area (Å²) in [4.78, 5) is 14.9. The monoisotopic (exact) mass is 250 g/mol. The van der Waals surface area contributed by atoms with Gasteiger partial charge in [0.15, 0.2) is 0 Å². The van der Waals surface area contributed by atoms with Crippen molar-refractivity contribution in [1.82, 2.24) is 4.90 Å². The lowest BCUT2D eigenvalue weighted by molar-refractivity contribution is -0.130. The van der Waals surface area contributed by atoms with Crippen molar-refractivity contribution in [2.45, 2.75) is 30.3 Å². The van der Waals surface area contributed by atoms with Gasteiger partial charge < -0.3 is 10.6 Å². The van der Waals surface area contributed by atoms with E-state index in [1.165, 1.54) is 10.5 Å². The Morgan fingerprint density at radius 2 is 2.06 bits per heavy atom. The predicted molar refractivity (Wildman–Crippen MR) is 70.8 cm³/mol. The molecule has 1 aromatic rings. The van der Waals surface area contributed by atoms with Gasteiger partial charge in [0, 0.05) is 17.5 Å². The van der Waals surface area contributed by atoms with Gasteiger partial charge in [0.05, 0.1) is 6.54 Å².